The molecule has 7 nitrogen and oxygen atoms in total. The lowest BCUT2D eigenvalue weighted by molar-refractivity contribution is -0.140. The molecule has 1 unspecified atom stereocenters. The van der Waals surface area contributed by atoms with Crippen LogP contribution in [0.4, 0.5) is 0 Å². The second-order valence-electron chi connectivity index (χ2n) is 8.71. The average molecular weight is 483 g/mol. The number of aliphatic hydroxyl groups is 1. The highest BCUT2D eigenvalue weighted by Crippen LogP contribution is 2.43. The molecule has 1 atom stereocenters. The molecule has 0 spiro atoms. The molecule has 1 aliphatic rings. The van der Waals surface area contributed by atoms with Crippen molar-refractivity contribution in [1.82, 2.24) is 9.88 Å². The maximum absolute atomic E-state index is 13.4. The zero-order valence-electron chi connectivity index (χ0n) is 20.2. The van der Waals surface area contributed by atoms with Crippen molar-refractivity contribution in [2.24, 2.45) is 0 Å². The Morgan fingerprint density at radius 1 is 0.972 bits per heavy atom. The van der Waals surface area contributed by atoms with Gasteiger partial charge in [-0.3, -0.25) is 9.59 Å². The number of aromatic nitrogens is 1. The van der Waals surface area contributed by atoms with Crippen molar-refractivity contribution in [1.29, 1.82) is 0 Å². The number of methoxy groups -OCH3 is 2. The van der Waals surface area contributed by atoms with Crippen molar-refractivity contribution in [2.45, 2.75) is 19.5 Å². The zero-order chi connectivity index (χ0) is 25.4. The highest BCUT2D eigenvalue weighted by atomic mass is 16.5. The van der Waals surface area contributed by atoms with Gasteiger partial charge in [-0.2, -0.15) is 0 Å². The van der Waals surface area contributed by atoms with Crippen LogP contribution in [0.1, 0.15) is 28.3 Å². The minimum atomic E-state index is -0.798. The number of aliphatic hydroxyl groups excluding tert-OH is 1. The van der Waals surface area contributed by atoms with Crippen LogP contribution in [-0.4, -0.2) is 40.9 Å². The number of likely N-dealkylation sites (tertiary alicyclic amines) is 1. The van der Waals surface area contributed by atoms with Gasteiger partial charge in [0.1, 0.15) is 17.3 Å². The summed E-state index contributed by atoms with van der Waals surface area (Å²) in [6.07, 6.45) is 1.79. The molecule has 0 radical (unpaired) electrons. The summed E-state index contributed by atoms with van der Waals surface area (Å²) in [5.74, 6) is -0.356. The van der Waals surface area contributed by atoms with Gasteiger partial charge in [-0.1, -0.05) is 36.4 Å². The fraction of sp³-hybridized carbons (Fsp3) is 0.172. The van der Waals surface area contributed by atoms with Gasteiger partial charge in [0.15, 0.2) is 0 Å². The molecule has 7 heteroatoms. The lowest BCUT2D eigenvalue weighted by Crippen LogP contribution is -2.29. The molecule has 1 amide bonds. The van der Waals surface area contributed by atoms with E-state index in [2.05, 4.69) is 4.98 Å². The number of ether oxygens (including phenoxy) is 2. The summed E-state index contributed by atoms with van der Waals surface area (Å²) in [4.78, 5) is 31.6. The Kier molecular flexibility index (Phi) is 5.98. The number of carbonyl (C=O) groups excluding carboxylic acids is 2. The van der Waals surface area contributed by atoms with Gasteiger partial charge < -0.3 is 24.5 Å². The third-order valence-corrected chi connectivity index (χ3v) is 6.66. The summed E-state index contributed by atoms with van der Waals surface area (Å²) >= 11 is 0. The smallest absolute Gasteiger partial charge is 0.295 e. The molecule has 5 rings (SSSR count). The molecule has 182 valence electrons. The summed E-state index contributed by atoms with van der Waals surface area (Å²) in [5.41, 5.74) is 3.64. The average Bonchev–Trinajstić information content (AvgIpc) is 3.43. The summed E-state index contributed by atoms with van der Waals surface area (Å²) in [6, 6.07) is 19.4. The number of para-hydroxylation sites is 2. The molecule has 2 N–H and O–H groups in total. The molecule has 1 fully saturated rings. The first kappa shape index (κ1) is 23.2. The van der Waals surface area contributed by atoms with E-state index >= 15 is 0 Å². The molecule has 1 aliphatic heterocycles. The van der Waals surface area contributed by atoms with Gasteiger partial charge in [0.2, 0.25) is 0 Å². The lowest BCUT2D eigenvalue weighted by atomic mass is 9.94. The molecule has 0 aliphatic carbocycles. The minimum absolute atomic E-state index is 0.0456. The van der Waals surface area contributed by atoms with Gasteiger partial charge in [-0.15, -0.1) is 0 Å². The summed E-state index contributed by atoms with van der Waals surface area (Å²) < 4.78 is 10.8. The van der Waals surface area contributed by atoms with E-state index in [9.17, 15) is 14.7 Å². The van der Waals surface area contributed by atoms with Gasteiger partial charge in [0, 0.05) is 33.8 Å². The predicted octanol–water partition coefficient (Wildman–Crippen LogP) is 5.12. The number of hydrogen-bond donors (Lipinski definition) is 2. The van der Waals surface area contributed by atoms with Gasteiger partial charge in [-0.05, 0) is 42.8 Å². The van der Waals surface area contributed by atoms with E-state index in [1.807, 2.05) is 55.5 Å². The third kappa shape index (κ3) is 3.79. The van der Waals surface area contributed by atoms with Crippen LogP contribution >= 0.6 is 0 Å². The highest BCUT2D eigenvalue weighted by molar-refractivity contribution is 6.46. The van der Waals surface area contributed by atoms with Crippen molar-refractivity contribution in [3.05, 3.63) is 101 Å². The first-order valence-corrected chi connectivity index (χ1v) is 11.6. The number of nitrogens with zero attached hydrogens (tertiary/aromatic N) is 1. The number of carbonyl (C=O) groups is 2. The Bertz CT molecular complexity index is 1520. The SMILES string of the molecule is COc1ccc(/C(O)=C2\C(=O)C(=O)N(Cc3ccccc3OC)C2c2c[nH]c3ccccc23)cc1C. The van der Waals surface area contributed by atoms with Crippen LogP contribution < -0.4 is 9.47 Å². The molecule has 0 bridgehead atoms. The molecule has 3 aromatic carbocycles. The second kappa shape index (κ2) is 9.26. The molecule has 0 saturated carbocycles. The maximum Gasteiger partial charge on any atom is 0.295 e. The molecular formula is C29H26N2O5. The predicted molar refractivity (Wildman–Crippen MR) is 137 cm³/mol. The van der Waals surface area contributed by atoms with Crippen LogP contribution in [0.3, 0.4) is 0 Å². The number of H-pyrrole nitrogens is 1. The number of aromatic amines is 1. The van der Waals surface area contributed by atoms with E-state index in [1.54, 1.807) is 38.6 Å². The standard InChI is InChI=1S/C29H26N2O5/c1-17-14-18(12-13-23(17)35-2)27(32)25-26(21-15-30-22-10-6-5-9-20(21)22)31(29(34)28(25)33)16-19-8-4-7-11-24(19)36-3/h4-15,26,30,32H,16H2,1-3H3/b27-25+. The summed E-state index contributed by atoms with van der Waals surface area (Å²) in [7, 11) is 3.14. The van der Waals surface area contributed by atoms with E-state index in [4.69, 9.17) is 9.47 Å². The van der Waals surface area contributed by atoms with Crippen LogP contribution in [-0.2, 0) is 16.1 Å². The largest absolute Gasteiger partial charge is 0.507 e. The van der Waals surface area contributed by atoms with Crippen LogP contribution in [0.15, 0.2) is 78.5 Å². The fourth-order valence-electron chi connectivity index (χ4n) is 4.88. The normalized spacial score (nSPS) is 17.1. The Balaban J connectivity index is 1.71. The first-order chi connectivity index (χ1) is 17.4. The van der Waals surface area contributed by atoms with Crippen LogP contribution in [0.25, 0.3) is 16.7 Å². The summed E-state index contributed by atoms with van der Waals surface area (Å²) in [5, 5.41) is 12.3. The quantitative estimate of drug-likeness (QED) is 0.226. The number of Topliss-reactive ketones (excluding diaryl/α,β-unsaturated/α-hetero) is 1. The van der Waals surface area contributed by atoms with Gasteiger partial charge in [-0.25, -0.2) is 0 Å². The van der Waals surface area contributed by atoms with Crippen molar-refractivity contribution in [2.75, 3.05) is 14.2 Å². The van der Waals surface area contributed by atoms with E-state index < -0.39 is 17.7 Å². The maximum atomic E-state index is 13.4. The van der Waals surface area contributed by atoms with Gasteiger partial charge in [0.25, 0.3) is 11.7 Å². The van der Waals surface area contributed by atoms with E-state index in [0.717, 1.165) is 27.6 Å². The molecule has 4 aromatic rings. The molecule has 36 heavy (non-hydrogen) atoms. The zero-order valence-corrected chi connectivity index (χ0v) is 20.2. The number of nitrogens with one attached hydrogen (secondary N) is 1. The van der Waals surface area contributed by atoms with E-state index in [1.165, 1.54) is 4.90 Å². The van der Waals surface area contributed by atoms with Crippen LogP contribution in [0, 0.1) is 6.92 Å². The Morgan fingerprint density at radius 2 is 1.69 bits per heavy atom. The Labute approximate surface area is 208 Å². The molecule has 1 saturated heterocycles. The van der Waals surface area contributed by atoms with Crippen LogP contribution in [0.2, 0.25) is 0 Å². The molecule has 1 aromatic heterocycles. The van der Waals surface area contributed by atoms with Crippen molar-refractivity contribution in [3.63, 3.8) is 0 Å². The third-order valence-electron chi connectivity index (χ3n) is 6.66. The van der Waals surface area contributed by atoms with Gasteiger partial charge in [0.05, 0.1) is 32.4 Å². The Morgan fingerprint density at radius 3 is 2.44 bits per heavy atom. The number of aryl methyl sites for hydroxylation is 1. The number of rotatable bonds is 6. The van der Waals surface area contributed by atoms with Crippen molar-refractivity contribution >= 4 is 28.4 Å². The number of fused-ring (bicyclic) bond motifs is 1. The number of amides is 1. The van der Waals surface area contributed by atoms with E-state index in [-0.39, 0.29) is 17.9 Å². The van der Waals surface area contributed by atoms with Crippen molar-refractivity contribution < 1.29 is 24.2 Å². The molecular weight excluding hydrogens is 456 g/mol. The van der Waals surface area contributed by atoms with E-state index in [0.29, 0.717) is 17.1 Å². The summed E-state index contributed by atoms with van der Waals surface area (Å²) in [6.45, 7) is 1.99. The number of benzene rings is 3. The molecule has 2 heterocycles. The minimum Gasteiger partial charge on any atom is -0.507 e. The van der Waals surface area contributed by atoms with Crippen LogP contribution in [0.5, 0.6) is 11.5 Å². The first-order valence-electron chi connectivity index (χ1n) is 11.6. The monoisotopic (exact) mass is 482 g/mol. The lowest BCUT2D eigenvalue weighted by Gasteiger charge is -2.25. The van der Waals surface area contributed by atoms with Crippen molar-refractivity contribution in [3.8, 4) is 11.5 Å². The number of hydrogen-bond acceptors (Lipinski definition) is 5. The number of ketones is 1. The fourth-order valence-corrected chi connectivity index (χ4v) is 4.88. The second-order valence-corrected chi connectivity index (χ2v) is 8.71. The topological polar surface area (TPSA) is 91.9 Å². The highest BCUT2D eigenvalue weighted by Gasteiger charge is 2.47. The Hall–Kier alpha value is -4.52. The van der Waals surface area contributed by atoms with Gasteiger partial charge >= 0.3 is 0 Å².